The van der Waals surface area contributed by atoms with Gasteiger partial charge < -0.3 is 10.2 Å². The zero-order valence-electron chi connectivity index (χ0n) is 14.8. The van der Waals surface area contributed by atoms with Gasteiger partial charge in [-0.1, -0.05) is 26.0 Å². The average molecular weight is 342 g/mol. The van der Waals surface area contributed by atoms with Gasteiger partial charge in [-0.3, -0.25) is 9.59 Å². The highest BCUT2D eigenvalue weighted by Gasteiger charge is 2.14. The van der Waals surface area contributed by atoms with E-state index in [0.717, 1.165) is 5.69 Å². The molecule has 2 amide bonds. The number of nitrogens with zero attached hydrogens (tertiary/aromatic N) is 1. The van der Waals surface area contributed by atoms with Gasteiger partial charge in [-0.25, -0.2) is 4.39 Å². The minimum absolute atomic E-state index is 0.119. The van der Waals surface area contributed by atoms with Crippen molar-refractivity contribution in [2.24, 2.45) is 0 Å². The van der Waals surface area contributed by atoms with Gasteiger partial charge in [-0.2, -0.15) is 0 Å². The number of anilines is 2. The Balaban J connectivity index is 1.98. The molecule has 0 aliphatic carbocycles. The third kappa shape index (κ3) is 5.41. The SMILES string of the molecule is CC(=O)N(CCC(=O)Nc1ccc(F)cc1)c1ccc(C(C)C)cc1. The molecule has 0 heterocycles. The molecule has 25 heavy (non-hydrogen) atoms. The minimum atomic E-state index is -0.356. The normalized spacial score (nSPS) is 10.6. The Labute approximate surface area is 147 Å². The first-order chi connectivity index (χ1) is 11.9. The Morgan fingerprint density at radius 2 is 1.64 bits per heavy atom. The fraction of sp³-hybridized carbons (Fsp3) is 0.300. The van der Waals surface area contributed by atoms with Gasteiger partial charge in [0.1, 0.15) is 5.82 Å². The van der Waals surface area contributed by atoms with E-state index in [1.54, 1.807) is 4.90 Å². The molecule has 0 saturated heterocycles. The molecular formula is C20H23FN2O2. The van der Waals surface area contributed by atoms with E-state index in [1.165, 1.54) is 36.8 Å². The zero-order valence-corrected chi connectivity index (χ0v) is 14.8. The van der Waals surface area contributed by atoms with Crippen molar-refractivity contribution in [1.82, 2.24) is 0 Å². The van der Waals surface area contributed by atoms with Crippen molar-refractivity contribution in [3.8, 4) is 0 Å². The van der Waals surface area contributed by atoms with Crippen LogP contribution in [0.4, 0.5) is 15.8 Å². The maximum absolute atomic E-state index is 12.9. The van der Waals surface area contributed by atoms with Crippen molar-refractivity contribution in [3.63, 3.8) is 0 Å². The van der Waals surface area contributed by atoms with E-state index < -0.39 is 0 Å². The topological polar surface area (TPSA) is 49.4 Å². The summed E-state index contributed by atoms with van der Waals surface area (Å²) in [6, 6.07) is 13.4. The third-order valence-corrected chi connectivity index (χ3v) is 3.94. The molecular weight excluding hydrogens is 319 g/mol. The van der Waals surface area contributed by atoms with Gasteiger partial charge in [0.25, 0.3) is 0 Å². The Morgan fingerprint density at radius 3 is 2.16 bits per heavy atom. The van der Waals surface area contributed by atoms with Crippen molar-refractivity contribution in [3.05, 3.63) is 59.9 Å². The van der Waals surface area contributed by atoms with Crippen molar-refractivity contribution in [2.75, 3.05) is 16.8 Å². The van der Waals surface area contributed by atoms with Gasteiger partial charge in [0.15, 0.2) is 0 Å². The molecule has 0 bridgehead atoms. The number of carbonyl (C=O) groups excluding carboxylic acids is 2. The number of hydrogen-bond acceptors (Lipinski definition) is 2. The summed E-state index contributed by atoms with van der Waals surface area (Å²) in [5.74, 6) is -0.282. The second-order valence-electron chi connectivity index (χ2n) is 6.22. The van der Waals surface area contributed by atoms with E-state index >= 15 is 0 Å². The maximum atomic E-state index is 12.9. The molecule has 2 aromatic carbocycles. The van der Waals surface area contributed by atoms with Gasteiger partial charge >= 0.3 is 0 Å². The van der Waals surface area contributed by atoms with Crippen molar-refractivity contribution >= 4 is 23.2 Å². The van der Waals surface area contributed by atoms with Crippen LogP contribution < -0.4 is 10.2 Å². The van der Waals surface area contributed by atoms with Crippen molar-refractivity contribution in [1.29, 1.82) is 0 Å². The largest absolute Gasteiger partial charge is 0.326 e. The molecule has 2 aromatic rings. The van der Waals surface area contributed by atoms with Gasteiger partial charge in [0.05, 0.1) is 0 Å². The van der Waals surface area contributed by atoms with Crippen LogP contribution in [0.5, 0.6) is 0 Å². The summed E-state index contributed by atoms with van der Waals surface area (Å²) in [5.41, 5.74) is 2.50. The van der Waals surface area contributed by atoms with Crippen LogP contribution in [0.2, 0.25) is 0 Å². The molecule has 2 rings (SSSR count). The van der Waals surface area contributed by atoms with Gasteiger partial charge in [0.2, 0.25) is 11.8 Å². The Bertz CT molecular complexity index is 724. The van der Waals surface area contributed by atoms with Gasteiger partial charge in [0, 0.05) is 31.3 Å². The fourth-order valence-electron chi connectivity index (χ4n) is 2.48. The molecule has 5 heteroatoms. The van der Waals surface area contributed by atoms with Crippen LogP contribution in [0.25, 0.3) is 0 Å². The summed E-state index contributed by atoms with van der Waals surface area (Å²) in [5, 5.41) is 2.70. The predicted molar refractivity (Wildman–Crippen MR) is 98.2 cm³/mol. The van der Waals surface area contributed by atoms with Crippen molar-refractivity contribution < 1.29 is 14.0 Å². The second-order valence-corrected chi connectivity index (χ2v) is 6.22. The summed E-state index contributed by atoms with van der Waals surface area (Å²) in [4.78, 5) is 25.6. The van der Waals surface area contributed by atoms with Crippen LogP contribution in [0, 0.1) is 5.82 Å². The molecule has 0 unspecified atom stereocenters. The summed E-state index contributed by atoms with van der Waals surface area (Å²) in [6.45, 7) is 5.98. The zero-order chi connectivity index (χ0) is 18.4. The first-order valence-electron chi connectivity index (χ1n) is 8.30. The van der Waals surface area contributed by atoms with Gasteiger partial charge in [-0.15, -0.1) is 0 Å². The lowest BCUT2D eigenvalue weighted by Gasteiger charge is -2.21. The van der Waals surface area contributed by atoms with E-state index in [1.807, 2.05) is 24.3 Å². The first-order valence-corrected chi connectivity index (χ1v) is 8.30. The highest BCUT2D eigenvalue weighted by molar-refractivity contribution is 5.94. The Hall–Kier alpha value is -2.69. The minimum Gasteiger partial charge on any atom is -0.326 e. The summed E-state index contributed by atoms with van der Waals surface area (Å²) in [6.07, 6.45) is 0.156. The molecule has 132 valence electrons. The molecule has 0 saturated carbocycles. The molecule has 0 fully saturated rings. The monoisotopic (exact) mass is 342 g/mol. The summed E-state index contributed by atoms with van der Waals surface area (Å²) < 4.78 is 12.9. The van der Waals surface area contributed by atoms with Crippen LogP contribution >= 0.6 is 0 Å². The standard InChI is InChI=1S/C20H23FN2O2/c1-14(2)16-4-10-19(11-5-16)23(15(3)24)13-12-20(25)22-18-8-6-17(21)7-9-18/h4-11,14H,12-13H2,1-3H3,(H,22,25). The molecule has 0 radical (unpaired) electrons. The number of hydrogen-bond donors (Lipinski definition) is 1. The van der Waals surface area contributed by atoms with Crippen LogP contribution in [-0.2, 0) is 9.59 Å². The molecule has 0 aliphatic rings. The lowest BCUT2D eigenvalue weighted by Crippen LogP contribution is -2.31. The van der Waals surface area contributed by atoms with Crippen LogP contribution in [0.3, 0.4) is 0 Å². The molecule has 1 N–H and O–H groups in total. The lowest BCUT2D eigenvalue weighted by atomic mass is 10.0. The first kappa shape index (κ1) is 18.6. The van der Waals surface area contributed by atoms with Crippen LogP contribution in [-0.4, -0.2) is 18.4 Å². The summed E-state index contributed by atoms with van der Waals surface area (Å²) in [7, 11) is 0. The number of halogens is 1. The molecule has 0 aromatic heterocycles. The highest BCUT2D eigenvalue weighted by Crippen LogP contribution is 2.20. The Kier molecular flexibility index (Phi) is 6.28. The van der Waals surface area contributed by atoms with Crippen LogP contribution in [0.1, 0.15) is 38.7 Å². The highest BCUT2D eigenvalue weighted by atomic mass is 19.1. The van der Waals surface area contributed by atoms with Gasteiger partial charge in [-0.05, 0) is 47.9 Å². The number of carbonyl (C=O) groups is 2. The third-order valence-electron chi connectivity index (χ3n) is 3.94. The Morgan fingerprint density at radius 1 is 1.04 bits per heavy atom. The fourth-order valence-corrected chi connectivity index (χ4v) is 2.48. The number of nitrogens with one attached hydrogen (secondary N) is 1. The molecule has 0 aliphatic heterocycles. The van der Waals surface area contributed by atoms with E-state index in [2.05, 4.69) is 19.2 Å². The van der Waals surface area contributed by atoms with E-state index in [-0.39, 0.29) is 30.6 Å². The van der Waals surface area contributed by atoms with E-state index in [0.29, 0.717) is 11.6 Å². The summed E-state index contributed by atoms with van der Waals surface area (Å²) >= 11 is 0. The van der Waals surface area contributed by atoms with Crippen LogP contribution in [0.15, 0.2) is 48.5 Å². The molecule has 0 spiro atoms. The average Bonchev–Trinajstić information content (AvgIpc) is 2.57. The lowest BCUT2D eigenvalue weighted by molar-refractivity contribution is -0.117. The molecule has 0 atom stereocenters. The quantitative estimate of drug-likeness (QED) is 0.849. The number of amides is 2. The molecule has 4 nitrogen and oxygen atoms in total. The van der Waals surface area contributed by atoms with E-state index in [4.69, 9.17) is 0 Å². The smallest absolute Gasteiger partial charge is 0.226 e. The maximum Gasteiger partial charge on any atom is 0.226 e. The predicted octanol–water partition coefficient (Wildman–Crippen LogP) is 4.33. The van der Waals surface area contributed by atoms with E-state index in [9.17, 15) is 14.0 Å². The number of rotatable bonds is 6. The van der Waals surface area contributed by atoms with Crippen molar-refractivity contribution in [2.45, 2.75) is 33.1 Å². The number of benzene rings is 2. The second kappa shape index (κ2) is 8.42.